The molecule has 0 N–H and O–H groups in total. The van der Waals surface area contributed by atoms with E-state index in [4.69, 9.17) is 0 Å². The van der Waals surface area contributed by atoms with Gasteiger partial charge in [-0.15, -0.1) is 0 Å². The van der Waals surface area contributed by atoms with Gasteiger partial charge in [0.1, 0.15) is 0 Å². The van der Waals surface area contributed by atoms with Crippen molar-refractivity contribution in [3.63, 3.8) is 0 Å². The topological polar surface area (TPSA) is 56.8 Å². The van der Waals surface area contributed by atoms with Gasteiger partial charge < -0.3 is 0 Å². The molecule has 3 heterocycles. The third kappa shape index (κ3) is 3.96. The maximum atomic E-state index is 12.3. The Hall–Kier alpha value is -1.02. The van der Waals surface area contributed by atoms with Crippen LogP contribution in [0.2, 0.25) is 0 Å². The molecule has 134 valence electrons. The van der Waals surface area contributed by atoms with Crippen molar-refractivity contribution in [2.75, 3.05) is 40.3 Å². The van der Waals surface area contributed by atoms with Crippen molar-refractivity contribution in [2.24, 2.45) is 11.8 Å². The number of hydrogen-bond donors (Lipinski definition) is 0. The molecule has 1 atom stereocenters. The van der Waals surface area contributed by atoms with Crippen LogP contribution in [0.1, 0.15) is 24.8 Å². The molecule has 1 aromatic rings. The molecule has 24 heavy (non-hydrogen) atoms. The van der Waals surface area contributed by atoms with E-state index in [1.165, 1.54) is 22.7 Å². The monoisotopic (exact) mass is 352 g/mol. The fourth-order valence-electron chi connectivity index (χ4n) is 3.91. The van der Waals surface area contributed by atoms with Crippen LogP contribution >= 0.6 is 0 Å². The fraction of sp³-hybridized carbons (Fsp3) is 0.706. The molecule has 0 spiro atoms. The van der Waals surface area contributed by atoms with Crippen molar-refractivity contribution >= 4 is 10.2 Å². The van der Waals surface area contributed by atoms with Crippen LogP contribution in [0, 0.1) is 11.8 Å². The van der Waals surface area contributed by atoms with Gasteiger partial charge in [0, 0.05) is 46.1 Å². The smallest absolute Gasteiger partial charge is 0.281 e. The standard InChI is InChI=1S/C17H28N4O2S/c1-19(2)24(22,23)21-11-7-17(14-21)16-5-9-20(10-6-16)13-15-4-3-8-18-12-15/h3-4,8,12,16-17H,5-7,9-11,13-14H2,1-2H3/t17-/m1/s1. The molecule has 0 amide bonds. The predicted octanol–water partition coefficient (Wildman–Crippen LogP) is 1.42. The Labute approximate surface area is 145 Å². The molecular formula is C17H28N4O2S. The predicted molar refractivity (Wildman–Crippen MR) is 94.5 cm³/mol. The highest BCUT2D eigenvalue weighted by atomic mass is 32.2. The number of hydrogen-bond acceptors (Lipinski definition) is 4. The Morgan fingerprint density at radius 1 is 1.17 bits per heavy atom. The lowest BCUT2D eigenvalue weighted by Crippen LogP contribution is -2.40. The van der Waals surface area contributed by atoms with Crippen LogP contribution in [0.25, 0.3) is 0 Å². The lowest BCUT2D eigenvalue weighted by atomic mass is 9.84. The van der Waals surface area contributed by atoms with Gasteiger partial charge in [0.05, 0.1) is 0 Å². The first-order valence-electron chi connectivity index (χ1n) is 8.75. The van der Waals surface area contributed by atoms with Crippen molar-refractivity contribution in [1.82, 2.24) is 18.5 Å². The summed E-state index contributed by atoms with van der Waals surface area (Å²) < 4.78 is 27.5. The van der Waals surface area contributed by atoms with Crippen LogP contribution in [0.4, 0.5) is 0 Å². The molecule has 0 radical (unpaired) electrons. The first-order valence-corrected chi connectivity index (χ1v) is 10.2. The van der Waals surface area contributed by atoms with E-state index in [0.29, 0.717) is 24.9 Å². The van der Waals surface area contributed by atoms with Gasteiger partial charge in [0.2, 0.25) is 0 Å². The van der Waals surface area contributed by atoms with Crippen molar-refractivity contribution < 1.29 is 8.42 Å². The largest absolute Gasteiger partial charge is 0.299 e. The van der Waals surface area contributed by atoms with Gasteiger partial charge in [-0.25, -0.2) is 0 Å². The average molecular weight is 353 g/mol. The van der Waals surface area contributed by atoms with E-state index in [9.17, 15) is 8.42 Å². The van der Waals surface area contributed by atoms with E-state index in [0.717, 1.165) is 26.1 Å². The first-order chi connectivity index (χ1) is 11.5. The van der Waals surface area contributed by atoms with Crippen molar-refractivity contribution in [2.45, 2.75) is 25.8 Å². The van der Waals surface area contributed by atoms with E-state index >= 15 is 0 Å². The van der Waals surface area contributed by atoms with Gasteiger partial charge in [-0.3, -0.25) is 9.88 Å². The van der Waals surface area contributed by atoms with Crippen molar-refractivity contribution in [3.8, 4) is 0 Å². The van der Waals surface area contributed by atoms with Crippen molar-refractivity contribution in [1.29, 1.82) is 0 Å². The Bertz CT molecular complexity index is 627. The Morgan fingerprint density at radius 3 is 2.50 bits per heavy atom. The number of aromatic nitrogens is 1. The number of rotatable bonds is 5. The highest BCUT2D eigenvalue weighted by molar-refractivity contribution is 7.86. The Kier molecular flexibility index (Phi) is 5.54. The van der Waals surface area contributed by atoms with Gasteiger partial charge in [0.15, 0.2) is 0 Å². The second-order valence-electron chi connectivity index (χ2n) is 7.17. The SMILES string of the molecule is CN(C)S(=O)(=O)N1CC[C@@H](C2CCN(Cc3cccnc3)CC2)C1. The molecule has 2 aliphatic heterocycles. The van der Waals surface area contributed by atoms with Gasteiger partial charge in [-0.1, -0.05) is 6.07 Å². The maximum Gasteiger partial charge on any atom is 0.281 e. The molecule has 3 rings (SSSR count). The second kappa shape index (κ2) is 7.47. The zero-order chi connectivity index (χ0) is 17.2. The summed E-state index contributed by atoms with van der Waals surface area (Å²) in [5.41, 5.74) is 1.26. The molecule has 0 bridgehead atoms. The minimum absolute atomic E-state index is 0.514. The molecule has 0 saturated carbocycles. The zero-order valence-electron chi connectivity index (χ0n) is 14.6. The number of piperidine rings is 1. The highest BCUT2D eigenvalue weighted by Crippen LogP contribution is 2.33. The highest BCUT2D eigenvalue weighted by Gasteiger charge is 2.37. The summed E-state index contributed by atoms with van der Waals surface area (Å²) in [6.45, 7) is 4.51. The average Bonchev–Trinajstić information content (AvgIpc) is 3.07. The second-order valence-corrected chi connectivity index (χ2v) is 9.31. The summed E-state index contributed by atoms with van der Waals surface area (Å²) in [4.78, 5) is 6.66. The summed E-state index contributed by atoms with van der Waals surface area (Å²) in [5, 5.41) is 0. The summed E-state index contributed by atoms with van der Waals surface area (Å²) in [7, 11) is -0.0290. The minimum atomic E-state index is -3.25. The maximum absolute atomic E-state index is 12.3. The van der Waals surface area contributed by atoms with Gasteiger partial charge in [-0.05, 0) is 55.8 Å². The van der Waals surface area contributed by atoms with Crippen LogP contribution in [0.3, 0.4) is 0 Å². The van der Waals surface area contributed by atoms with E-state index in [1.807, 2.05) is 18.5 Å². The fourth-order valence-corrected chi connectivity index (χ4v) is 5.09. The van der Waals surface area contributed by atoms with Crippen LogP contribution in [0.15, 0.2) is 24.5 Å². The number of likely N-dealkylation sites (tertiary alicyclic amines) is 1. The summed E-state index contributed by atoms with van der Waals surface area (Å²) in [6.07, 6.45) is 7.08. The number of pyridine rings is 1. The molecule has 0 aliphatic carbocycles. The lowest BCUT2D eigenvalue weighted by molar-refractivity contribution is 0.144. The van der Waals surface area contributed by atoms with E-state index < -0.39 is 10.2 Å². The molecular weight excluding hydrogens is 324 g/mol. The van der Waals surface area contributed by atoms with E-state index in [1.54, 1.807) is 18.4 Å². The summed E-state index contributed by atoms with van der Waals surface area (Å²) in [5.74, 6) is 1.16. The quantitative estimate of drug-likeness (QED) is 0.804. The van der Waals surface area contributed by atoms with Crippen LogP contribution < -0.4 is 0 Å². The lowest BCUT2D eigenvalue weighted by Gasteiger charge is -2.34. The molecule has 7 heteroatoms. The summed E-state index contributed by atoms with van der Waals surface area (Å²) in [6, 6.07) is 4.11. The number of nitrogens with zero attached hydrogens (tertiary/aromatic N) is 4. The van der Waals surface area contributed by atoms with Crippen LogP contribution in [-0.2, 0) is 16.8 Å². The third-order valence-electron chi connectivity index (χ3n) is 5.40. The zero-order valence-corrected chi connectivity index (χ0v) is 15.5. The first kappa shape index (κ1) is 17.8. The van der Waals surface area contributed by atoms with Gasteiger partial charge in [0.25, 0.3) is 10.2 Å². The normalized spacial score (nSPS) is 24.7. The van der Waals surface area contributed by atoms with Crippen LogP contribution in [-0.4, -0.2) is 67.2 Å². The van der Waals surface area contributed by atoms with Gasteiger partial charge in [-0.2, -0.15) is 17.0 Å². The molecule has 2 aliphatic rings. The molecule has 0 aromatic carbocycles. The van der Waals surface area contributed by atoms with Crippen molar-refractivity contribution in [3.05, 3.63) is 30.1 Å². The van der Waals surface area contributed by atoms with Crippen LogP contribution in [0.5, 0.6) is 0 Å². The Balaban J connectivity index is 1.49. The molecule has 2 fully saturated rings. The Morgan fingerprint density at radius 2 is 1.88 bits per heavy atom. The van der Waals surface area contributed by atoms with E-state index in [2.05, 4.69) is 16.0 Å². The third-order valence-corrected chi connectivity index (χ3v) is 7.31. The van der Waals surface area contributed by atoms with E-state index in [-0.39, 0.29) is 0 Å². The van der Waals surface area contributed by atoms with Gasteiger partial charge >= 0.3 is 0 Å². The molecule has 2 saturated heterocycles. The molecule has 0 unspecified atom stereocenters. The molecule has 1 aromatic heterocycles. The molecule has 6 nitrogen and oxygen atoms in total. The minimum Gasteiger partial charge on any atom is -0.299 e. The summed E-state index contributed by atoms with van der Waals surface area (Å²) >= 11 is 0.